The van der Waals surface area contributed by atoms with Crippen molar-refractivity contribution in [1.82, 2.24) is 4.98 Å². The summed E-state index contributed by atoms with van der Waals surface area (Å²) in [5.74, 6) is 3.22. The molecule has 0 N–H and O–H groups in total. The lowest BCUT2D eigenvalue weighted by atomic mass is 10.2. The lowest BCUT2D eigenvalue weighted by Crippen LogP contribution is -1.94. The second-order valence-corrected chi connectivity index (χ2v) is 2.82. The lowest BCUT2D eigenvalue weighted by molar-refractivity contribution is 0.375. The number of nitrogens with zero attached hydrogens (tertiary/aromatic N) is 1. The minimum Gasteiger partial charge on any atom is -0.480 e. The fourth-order valence-corrected chi connectivity index (χ4v) is 1.32. The Morgan fingerprint density at radius 1 is 1.29 bits per heavy atom. The largest absolute Gasteiger partial charge is 0.480 e. The van der Waals surface area contributed by atoms with E-state index in [1.54, 1.807) is 6.20 Å². The molecule has 0 spiro atoms. The average Bonchev–Trinajstić information content (AvgIpc) is 2.26. The molecule has 0 bridgehead atoms. The van der Waals surface area contributed by atoms with Gasteiger partial charge < -0.3 is 4.74 Å². The van der Waals surface area contributed by atoms with Gasteiger partial charge in [-0.2, -0.15) is 0 Å². The van der Waals surface area contributed by atoms with E-state index in [0.29, 0.717) is 0 Å². The predicted octanol–water partition coefficient (Wildman–Crippen LogP) is 2.25. The van der Waals surface area contributed by atoms with Gasteiger partial charge >= 0.3 is 0 Å². The molecule has 2 heteroatoms. The van der Waals surface area contributed by atoms with Crippen molar-refractivity contribution in [2.75, 3.05) is 6.61 Å². The molecule has 0 unspecified atom stereocenters. The van der Waals surface area contributed by atoms with Gasteiger partial charge in [0.15, 0.2) is 0 Å². The smallest absolute Gasteiger partial charge is 0.148 e. The maximum atomic E-state index is 5.39. The summed E-state index contributed by atoms with van der Waals surface area (Å²) in [6.45, 7) is 0.286. The molecule has 14 heavy (non-hydrogen) atoms. The first kappa shape index (κ1) is 8.58. The second kappa shape index (κ2) is 3.80. The van der Waals surface area contributed by atoms with E-state index in [4.69, 9.17) is 11.2 Å². The topological polar surface area (TPSA) is 22.1 Å². The molecule has 1 heterocycles. The van der Waals surface area contributed by atoms with Crippen LogP contribution in [0.1, 0.15) is 0 Å². The molecule has 1 aromatic carbocycles. The monoisotopic (exact) mass is 183 g/mol. The Kier molecular flexibility index (Phi) is 2.33. The van der Waals surface area contributed by atoms with Crippen molar-refractivity contribution < 1.29 is 4.74 Å². The van der Waals surface area contributed by atoms with E-state index in [0.717, 1.165) is 16.7 Å². The van der Waals surface area contributed by atoms with E-state index in [-0.39, 0.29) is 6.61 Å². The molecule has 0 aliphatic rings. The highest BCUT2D eigenvalue weighted by atomic mass is 16.5. The number of hydrogen-bond donors (Lipinski definition) is 0. The number of rotatable bonds is 2. The van der Waals surface area contributed by atoms with Crippen LogP contribution < -0.4 is 4.74 Å². The van der Waals surface area contributed by atoms with Gasteiger partial charge in [0.05, 0.1) is 5.52 Å². The van der Waals surface area contributed by atoms with Gasteiger partial charge in [-0.05, 0) is 24.3 Å². The van der Waals surface area contributed by atoms with Gasteiger partial charge in [-0.1, -0.05) is 12.0 Å². The molecule has 2 rings (SSSR count). The SMILES string of the molecule is C#CCOc1cccc2ncccc12. The van der Waals surface area contributed by atoms with Crippen molar-refractivity contribution in [2.45, 2.75) is 0 Å². The summed E-state index contributed by atoms with van der Waals surface area (Å²) in [5, 5.41) is 0.991. The predicted molar refractivity (Wildman–Crippen MR) is 56.1 cm³/mol. The standard InChI is InChI=1S/C12H9NO/c1-2-9-14-12-7-3-6-11-10(12)5-4-8-13-11/h1,3-8H,9H2. The summed E-state index contributed by atoms with van der Waals surface area (Å²) in [5.41, 5.74) is 0.919. The normalized spacial score (nSPS) is 9.64. The van der Waals surface area contributed by atoms with Crippen LogP contribution in [0, 0.1) is 12.3 Å². The molecule has 2 aromatic rings. The van der Waals surface area contributed by atoms with Crippen molar-refractivity contribution >= 4 is 10.9 Å². The number of pyridine rings is 1. The third kappa shape index (κ3) is 1.53. The van der Waals surface area contributed by atoms with Crippen LogP contribution in [-0.4, -0.2) is 11.6 Å². The molecule has 0 aliphatic heterocycles. The summed E-state index contributed by atoms with van der Waals surface area (Å²) >= 11 is 0. The third-order valence-electron chi connectivity index (χ3n) is 1.92. The van der Waals surface area contributed by atoms with E-state index in [1.165, 1.54) is 0 Å². The highest BCUT2D eigenvalue weighted by molar-refractivity contribution is 5.84. The van der Waals surface area contributed by atoms with Crippen LogP contribution in [0.25, 0.3) is 10.9 Å². The number of fused-ring (bicyclic) bond motifs is 1. The molecular formula is C12H9NO. The van der Waals surface area contributed by atoms with E-state index in [9.17, 15) is 0 Å². The highest BCUT2D eigenvalue weighted by Crippen LogP contribution is 2.23. The van der Waals surface area contributed by atoms with Crippen LogP contribution in [0.5, 0.6) is 5.75 Å². The van der Waals surface area contributed by atoms with Crippen LogP contribution in [0.3, 0.4) is 0 Å². The first-order valence-corrected chi connectivity index (χ1v) is 4.32. The van der Waals surface area contributed by atoms with Gasteiger partial charge in [-0.15, -0.1) is 6.42 Å². The first-order chi connectivity index (χ1) is 6.92. The van der Waals surface area contributed by atoms with Crippen LogP contribution in [-0.2, 0) is 0 Å². The number of benzene rings is 1. The fourth-order valence-electron chi connectivity index (χ4n) is 1.32. The molecule has 0 radical (unpaired) electrons. The number of ether oxygens (including phenoxy) is 1. The van der Waals surface area contributed by atoms with E-state index in [1.807, 2.05) is 30.3 Å². The Morgan fingerprint density at radius 2 is 2.21 bits per heavy atom. The summed E-state index contributed by atoms with van der Waals surface area (Å²) in [7, 11) is 0. The van der Waals surface area contributed by atoms with Crippen molar-refractivity contribution in [3.63, 3.8) is 0 Å². The summed E-state index contributed by atoms with van der Waals surface area (Å²) in [4.78, 5) is 4.22. The molecule has 68 valence electrons. The van der Waals surface area contributed by atoms with Crippen LogP contribution in [0.15, 0.2) is 36.5 Å². The zero-order valence-corrected chi connectivity index (χ0v) is 7.60. The summed E-state index contributed by atoms with van der Waals surface area (Å²) in [6, 6.07) is 9.58. The minimum atomic E-state index is 0.286. The number of terminal acetylenes is 1. The summed E-state index contributed by atoms with van der Waals surface area (Å²) in [6.07, 6.45) is 6.89. The van der Waals surface area contributed by atoms with Gasteiger partial charge in [-0.25, -0.2) is 0 Å². The van der Waals surface area contributed by atoms with E-state index < -0.39 is 0 Å². The molecule has 0 aliphatic carbocycles. The number of hydrogen-bond acceptors (Lipinski definition) is 2. The molecule has 0 fully saturated rings. The van der Waals surface area contributed by atoms with Crippen molar-refractivity contribution in [2.24, 2.45) is 0 Å². The highest BCUT2D eigenvalue weighted by Gasteiger charge is 2.00. The maximum Gasteiger partial charge on any atom is 0.148 e. The van der Waals surface area contributed by atoms with E-state index >= 15 is 0 Å². The summed E-state index contributed by atoms with van der Waals surface area (Å²) < 4.78 is 5.39. The van der Waals surface area contributed by atoms with Crippen molar-refractivity contribution in [3.8, 4) is 18.1 Å². The van der Waals surface area contributed by atoms with Crippen molar-refractivity contribution in [3.05, 3.63) is 36.5 Å². The molecular weight excluding hydrogens is 174 g/mol. The first-order valence-electron chi connectivity index (χ1n) is 4.32. The second-order valence-electron chi connectivity index (χ2n) is 2.82. The molecule has 0 atom stereocenters. The lowest BCUT2D eigenvalue weighted by Gasteiger charge is -2.05. The van der Waals surface area contributed by atoms with E-state index in [2.05, 4.69) is 10.9 Å². The van der Waals surface area contributed by atoms with Gasteiger partial charge in [0.2, 0.25) is 0 Å². The zero-order chi connectivity index (χ0) is 9.80. The Labute approximate surface area is 82.5 Å². The maximum absolute atomic E-state index is 5.39. The van der Waals surface area contributed by atoms with Crippen LogP contribution in [0.4, 0.5) is 0 Å². The molecule has 2 nitrogen and oxygen atoms in total. The van der Waals surface area contributed by atoms with Crippen molar-refractivity contribution in [1.29, 1.82) is 0 Å². The molecule has 0 saturated heterocycles. The Balaban J connectivity index is 2.49. The Hall–Kier alpha value is -2.01. The zero-order valence-electron chi connectivity index (χ0n) is 7.60. The third-order valence-corrected chi connectivity index (χ3v) is 1.92. The Bertz CT molecular complexity index is 480. The Morgan fingerprint density at radius 3 is 3.07 bits per heavy atom. The number of aromatic nitrogens is 1. The van der Waals surface area contributed by atoms with Gasteiger partial charge in [0, 0.05) is 11.6 Å². The van der Waals surface area contributed by atoms with Gasteiger partial charge in [-0.3, -0.25) is 4.98 Å². The average molecular weight is 183 g/mol. The minimum absolute atomic E-state index is 0.286. The van der Waals surface area contributed by atoms with Gasteiger partial charge in [0.1, 0.15) is 12.4 Å². The molecule has 0 amide bonds. The van der Waals surface area contributed by atoms with Gasteiger partial charge in [0.25, 0.3) is 0 Å². The fraction of sp³-hybridized carbons (Fsp3) is 0.0833. The molecule has 0 saturated carbocycles. The van der Waals surface area contributed by atoms with Crippen LogP contribution in [0.2, 0.25) is 0 Å². The molecule has 1 aromatic heterocycles. The quantitative estimate of drug-likeness (QED) is 0.666. The van der Waals surface area contributed by atoms with Crippen LogP contribution >= 0.6 is 0 Å².